The summed E-state index contributed by atoms with van der Waals surface area (Å²) in [6, 6.07) is 6.68. The third kappa shape index (κ3) is 4.50. The number of urea groups is 1. The van der Waals surface area contributed by atoms with Gasteiger partial charge in [0.25, 0.3) is 0 Å². The lowest BCUT2D eigenvalue weighted by Crippen LogP contribution is -2.41. The number of halogens is 3. The van der Waals surface area contributed by atoms with Crippen LogP contribution in [0.15, 0.2) is 28.7 Å². The molecule has 1 atom stereocenters. The minimum atomic E-state index is -4.68. The molecular weight excluding hydrogens is 365 g/mol. The van der Waals surface area contributed by atoms with Crippen molar-refractivity contribution in [2.45, 2.75) is 31.9 Å². The molecule has 27 heavy (non-hydrogen) atoms. The van der Waals surface area contributed by atoms with E-state index in [2.05, 4.69) is 15.5 Å². The van der Waals surface area contributed by atoms with Gasteiger partial charge in [-0.05, 0) is 31.9 Å². The number of nitrogens with one attached hydrogen (secondary N) is 1. The summed E-state index contributed by atoms with van der Waals surface area (Å²) in [5, 5.41) is 9.34. The second-order valence-corrected chi connectivity index (χ2v) is 6.09. The van der Waals surface area contributed by atoms with Crippen molar-refractivity contribution in [3.63, 3.8) is 0 Å². The fraction of sp³-hybridized carbons (Fsp3) is 0.471. The number of para-hydroxylation sites is 2. The predicted molar refractivity (Wildman–Crippen MR) is 89.5 cm³/mol. The highest BCUT2D eigenvalue weighted by molar-refractivity contribution is 5.91. The van der Waals surface area contributed by atoms with E-state index in [1.165, 1.54) is 4.90 Å². The first-order valence-electron chi connectivity index (χ1n) is 8.57. The lowest BCUT2D eigenvalue weighted by atomic mass is 9.98. The number of alkyl halides is 3. The van der Waals surface area contributed by atoms with E-state index in [0.717, 1.165) is 0 Å². The molecule has 7 nitrogen and oxygen atoms in total. The predicted octanol–water partition coefficient (Wildman–Crippen LogP) is 3.90. The number of carbonyl (C=O) groups excluding carboxylic acids is 1. The van der Waals surface area contributed by atoms with Crippen LogP contribution in [0, 0.1) is 0 Å². The number of amides is 2. The number of ether oxygens (including phenoxy) is 1. The zero-order chi connectivity index (χ0) is 19.4. The minimum Gasteiger partial charge on any atom is -0.492 e. The molecule has 1 saturated heterocycles. The molecule has 0 aliphatic carbocycles. The summed E-state index contributed by atoms with van der Waals surface area (Å²) in [5.41, 5.74) is 0.531. The highest BCUT2D eigenvalue weighted by Crippen LogP contribution is 2.32. The Balaban J connectivity index is 1.67. The maximum absolute atomic E-state index is 12.6. The van der Waals surface area contributed by atoms with Crippen molar-refractivity contribution in [1.29, 1.82) is 0 Å². The molecule has 1 aliphatic rings. The molecule has 3 rings (SSSR count). The van der Waals surface area contributed by atoms with Gasteiger partial charge in [-0.1, -0.05) is 12.1 Å². The second kappa shape index (κ2) is 7.85. The van der Waals surface area contributed by atoms with E-state index in [1.54, 1.807) is 24.3 Å². The topological polar surface area (TPSA) is 80.5 Å². The number of carbonyl (C=O) groups is 1. The average Bonchev–Trinajstić information content (AvgIpc) is 3.14. The summed E-state index contributed by atoms with van der Waals surface area (Å²) >= 11 is 0. The highest BCUT2D eigenvalue weighted by Gasteiger charge is 2.39. The smallest absolute Gasteiger partial charge is 0.470 e. The zero-order valence-electron chi connectivity index (χ0n) is 14.6. The van der Waals surface area contributed by atoms with E-state index in [9.17, 15) is 18.0 Å². The maximum Gasteiger partial charge on any atom is 0.470 e. The Hall–Kier alpha value is -2.78. The third-order valence-corrected chi connectivity index (χ3v) is 4.17. The molecule has 0 radical (unpaired) electrons. The number of nitrogens with zero attached hydrogens (tertiary/aromatic N) is 3. The van der Waals surface area contributed by atoms with Crippen molar-refractivity contribution < 1.29 is 27.1 Å². The van der Waals surface area contributed by atoms with Crippen LogP contribution < -0.4 is 10.1 Å². The van der Waals surface area contributed by atoms with E-state index in [1.807, 2.05) is 6.92 Å². The van der Waals surface area contributed by atoms with Crippen molar-refractivity contribution in [2.75, 3.05) is 25.0 Å². The van der Waals surface area contributed by atoms with Crippen LogP contribution >= 0.6 is 0 Å². The Morgan fingerprint density at radius 3 is 2.85 bits per heavy atom. The van der Waals surface area contributed by atoms with Crippen LogP contribution in [0.25, 0.3) is 0 Å². The summed E-state index contributed by atoms with van der Waals surface area (Å²) in [7, 11) is 0. The van der Waals surface area contributed by atoms with Gasteiger partial charge in [0.15, 0.2) is 0 Å². The quantitative estimate of drug-likeness (QED) is 0.865. The number of benzene rings is 1. The molecule has 2 amide bonds. The van der Waals surface area contributed by atoms with Crippen LogP contribution in [-0.2, 0) is 6.18 Å². The normalized spacial score (nSPS) is 17.6. The van der Waals surface area contributed by atoms with Crippen molar-refractivity contribution in [1.82, 2.24) is 15.1 Å². The molecule has 10 heteroatoms. The van der Waals surface area contributed by atoms with Gasteiger partial charge in [0.05, 0.1) is 18.2 Å². The molecule has 1 fully saturated rings. The van der Waals surface area contributed by atoms with Gasteiger partial charge >= 0.3 is 18.1 Å². The largest absolute Gasteiger partial charge is 0.492 e. The Morgan fingerprint density at radius 1 is 1.37 bits per heavy atom. The van der Waals surface area contributed by atoms with Gasteiger partial charge in [-0.25, -0.2) is 4.79 Å². The van der Waals surface area contributed by atoms with Crippen molar-refractivity contribution in [2.24, 2.45) is 0 Å². The molecule has 2 heterocycles. The monoisotopic (exact) mass is 384 g/mol. The van der Waals surface area contributed by atoms with E-state index in [0.29, 0.717) is 37.4 Å². The summed E-state index contributed by atoms with van der Waals surface area (Å²) < 4.78 is 48.1. The zero-order valence-corrected chi connectivity index (χ0v) is 14.6. The van der Waals surface area contributed by atoms with Gasteiger partial charge in [-0.3, -0.25) is 0 Å². The summed E-state index contributed by atoms with van der Waals surface area (Å²) in [6.45, 7) is 2.98. The van der Waals surface area contributed by atoms with Crippen LogP contribution in [0.4, 0.5) is 23.7 Å². The number of anilines is 1. The Kier molecular flexibility index (Phi) is 5.52. The molecule has 2 aromatic rings. The second-order valence-electron chi connectivity index (χ2n) is 6.09. The first-order chi connectivity index (χ1) is 12.9. The Bertz CT molecular complexity index is 794. The lowest BCUT2D eigenvalue weighted by molar-refractivity contribution is -0.157. The van der Waals surface area contributed by atoms with Crippen LogP contribution in [0.1, 0.15) is 37.5 Å². The number of hydrogen-bond donors (Lipinski definition) is 1. The third-order valence-electron chi connectivity index (χ3n) is 4.17. The van der Waals surface area contributed by atoms with Gasteiger partial charge < -0.3 is 19.4 Å². The van der Waals surface area contributed by atoms with Gasteiger partial charge in [0.1, 0.15) is 5.75 Å². The number of hydrogen-bond acceptors (Lipinski definition) is 5. The molecule has 1 aliphatic heterocycles. The minimum absolute atomic E-state index is 0.102. The SMILES string of the molecule is CCOc1ccccc1NC(=O)N1CCC[C@@H](c2nnc(C(F)(F)F)o2)C1. The fourth-order valence-corrected chi connectivity index (χ4v) is 2.92. The number of likely N-dealkylation sites (tertiary alicyclic amines) is 1. The molecule has 0 saturated carbocycles. The van der Waals surface area contributed by atoms with Crippen molar-refractivity contribution in [3.8, 4) is 5.75 Å². The molecule has 1 aromatic carbocycles. The summed E-state index contributed by atoms with van der Waals surface area (Å²) in [5.74, 6) is -1.36. The van der Waals surface area contributed by atoms with E-state index in [4.69, 9.17) is 9.15 Å². The van der Waals surface area contributed by atoms with Gasteiger partial charge in [-0.2, -0.15) is 13.2 Å². The van der Waals surface area contributed by atoms with Crippen LogP contribution in [0.3, 0.4) is 0 Å². The van der Waals surface area contributed by atoms with E-state index in [-0.39, 0.29) is 18.5 Å². The van der Waals surface area contributed by atoms with E-state index < -0.39 is 18.0 Å². The molecular formula is C17H19F3N4O3. The summed E-state index contributed by atoms with van der Waals surface area (Å²) in [6.07, 6.45) is -3.49. The molecule has 1 aromatic heterocycles. The van der Waals surface area contributed by atoms with E-state index >= 15 is 0 Å². The molecule has 0 spiro atoms. The molecule has 0 bridgehead atoms. The first-order valence-corrected chi connectivity index (χ1v) is 8.57. The van der Waals surface area contributed by atoms with Gasteiger partial charge in [0, 0.05) is 13.1 Å². The number of aromatic nitrogens is 2. The molecule has 146 valence electrons. The van der Waals surface area contributed by atoms with Crippen LogP contribution in [0.5, 0.6) is 5.75 Å². The number of piperidine rings is 1. The van der Waals surface area contributed by atoms with Gasteiger partial charge in [0.2, 0.25) is 5.89 Å². The molecule has 1 N–H and O–H groups in total. The highest BCUT2D eigenvalue weighted by atomic mass is 19.4. The number of rotatable bonds is 4. The lowest BCUT2D eigenvalue weighted by Gasteiger charge is -2.31. The standard InChI is InChI=1S/C17H19F3N4O3/c1-2-26-13-8-4-3-7-12(13)21-16(25)24-9-5-6-11(10-24)14-22-23-15(27-14)17(18,19)20/h3-4,7-8,11H,2,5-6,9-10H2,1H3,(H,21,25)/t11-/m1/s1. The first kappa shape index (κ1) is 19.0. The summed E-state index contributed by atoms with van der Waals surface area (Å²) in [4.78, 5) is 14.1. The average molecular weight is 384 g/mol. The Labute approximate surface area is 153 Å². The fourth-order valence-electron chi connectivity index (χ4n) is 2.92. The van der Waals surface area contributed by atoms with Crippen LogP contribution in [-0.4, -0.2) is 40.8 Å². The maximum atomic E-state index is 12.6. The van der Waals surface area contributed by atoms with Gasteiger partial charge in [-0.15, -0.1) is 10.2 Å². The van der Waals surface area contributed by atoms with Crippen LogP contribution in [0.2, 0.25) is 0 Å². The van der Waals surface area contributed by atoms with Crippen molar-refractivity contribution >= 4 is 11.7 Å². The molecule has 0 unspecified atom stereocenters. The van der Waals surface area contributed by atoms with Crippen molar-refractivity contribution in [3.05, 3.63) is 36.0 Å². The Morgan fingerprint density at radius 2 is 2.15 bits per heavy atom.